The topological polar surface area (TPSA) is 147 Å². The van der Waals surface area contributed by atoms with Gasteiger partial charge in [0.1, 0.15) is 35.2 Å². The Morgan fingerprint density at radius 3 is 2.68 bits per heavy atom. The van der Waals surface area contributed by atoms with Crippen molar-refractivity contribution in [2.45, 2.75) is 49.4 Å². The van der Waals surface area contributed by atoms with Crippen LogP contribution in [0, 0.1) is 5.92 Å². The van der Waals surface area contributed by atoms with Gasteiger partial charge in [0.15, 0.2) is 5.81 Å². The van der Waals surface area contributed by atoms with Crippen molar-refractivity contribution in [1.29, 1.82) is 0 Å². The largest absolute Gasteiger partial charge is 0.497 e. The smallest absolute Gasteiger partial charge is 0.330 e. The zero-order valence-corrected chi connectivity index (χ0v) is 24.1. The Hall–Kier alpha value is -4.87. The zero-order chi connectivity index (χ0) is 31.0. The van der Waals surface area contributed by atoms with Gasteiger partial charge in [0.25, 0.3) is 0 Å². The molecule has 6 rings (SSSR count). The van der Waals surface area contributed by atoms with E-state index in [9.17, 15) is 24.3 Å². The van der Waals surface area contributed by atoms with Crippen molar-refractivity contribution in [3.8, 4) is 22.8 Å². The summed E-state index contributed by atoms with van der Waals surface area (Å²) >= 11 is 0. The molecule has 1 aromatic heterocycles. The van der Waals surface area contributed by atoms with Gasteiger partial charge < -0.3 is 30.1 Å². The first kappa shape index (κ1) is 29.2. The highest BCUT2D eigenvalue weighted by Gasteiger charge is 2.61. The third kappa shape index (κ3) is 5.59. The Kier molecular flexibility index (Phi) is 7.75. The number of fused-ring (bicyclic) bond motifs is 3. The van der Waals surface area contributed by atoms with Crippen molar-refractivity contribution in [3.63, 3.8) is 0 Å². The van der Waals surface area contributed by atoms with Crippen LogP contribution in [0.5, 0.6) is 11.5 Å². The maximum atomic E-state index is 13.8. The van der Waals surface area contributed by atoms with Crippen molar-refractivity contribution >= 4 is 42.3 Å². The number of carbonyl (C=O) groups excluding carboxylic acids is 3. The first-order valence-corrected chi connectivity index (χ1v) is 14.5. The minimum Gasteiger partial charge on any atom is -0.497 e. The molecular weight excluding hydrogens is 563 g/mol. The lowest BCUT2D eigenvalue weighted by Gasteiger charge is -2.29. The van der Waals surface area contributed by atoms with Crippen LogP contribution in [0.4, 0.5) is 4.79 Å². The number of aliphatic carboxylic acids is 1. The Bertz CT molecular complexity index is 1670. The molecule has 3 heterocycles. The second-order valence-corrected chi connectivity index (χ2v) is 11.4. The number of allylic oxidation sites excluding steroid dienone is 1. The van der Waals surface area contributed by atoms with Crippen LogP contribution in [0.2, 0.25) is 0 Å². The average Bonchev–Trinajstić information content (AvgIpc) is 3.55. The van der Waals surface area contributed by atoms with E-state index in [1.807, 2.05) is 48.5 Å². The van der Waals surface area contributed by atoms with E-state index in [4.69, 9.17) is 22.3 Å². The molecule has 1 aliphatic carbocycles. The van der Waals surface area contributed by atoms with Crippen LogP contribution < -0.4 is 20.1 Å². The number of amides is 3. The van der Waals surface area contributed by atoms with Crippen LogP contribution in [-0.4, -0.2) is 83.8 Å². The Labute approximate surface area is 255 Å². The van der Waals surface area contributed by atoms with Gasteiger partial charge in [0.05, 0.1) is 24.9 Å². The number of aromatic nitrogens is 1. The molecule has 11 nitrogen and oxygen atoms in total. The number of carboxylic acids is 1. The predicted molar refractivity (Wildman–Crippen MR) is 161 cm³/mol. The highest BCUT2D eigenvalue weighted by Crippen LogP contribution is 2.45. The van der Waals surface area contributed by atoms with Gasteiger partial charge in [0, 0.05) is 35.4 Å². The van der Waals surface area contributed by atoms with Crippen LogP contribution in [0.25, 0.3) is 22.2 Å². The minimum absolute atomic E-state index is 0.0356. The lowest BCUT2D eigenvalue weighted by atomic mass is 10.0. The van der Waals surface area contributed by atoms with E-state index in [1.54, 1.807) is 25.3 Å². The molecule has 1 saturated carbocycles. The van der Waals surface area contributed by atoms with Gasteiger partial charge >= 0.3 is 5.97 Å². The van der Waals surface area contributed by atoms with Gasteiger partial charge in [-0.1, -0.05) is 42.5 Å². The maximum absolute atomic E-state index is 13.8. The fraction of sp³-hybridized carbons (Fsp3) is 0.344. The zero-order valence-electron chi connectivity index (χ0n) is 24.1. The van der Waals surface area contributed by atoms with Crippen molar-refractivity contribution in [3.05, 3.63) is 66.7 Å². The normalized spacial score (nSPS) is 27.2. The predicted octanol–water partition coefficient (Wildman–Crippen LogP) is 2.81. The number of methoxy groups -OCH3 is 1. The highest BCUT2D eigenvalue weighted by atomic mass is 16.5. The standard InChI is InChI=1S/C32H31BN4O7/c1-43-20-11-12-22-25(13-20)34-24(18-7-3-2-4-8-18)15-27(22)44-21-14-26-28(38)36-32(30(40)41)16-19(32)9-5-6-10-23(35-31(33)42)29(39)37(26)17-21/h2-5,7-9,11-13,15,19,21,23,26H,6,10,14,16-17H2,1H3,(H,35,42)(H,36,38)(H,40,41)/b9-5+/t19?,21-,23+,26+,32-/m1/s1. The van der Waals surface area contributed by atoms with Crippen molar-refractivity contribution in [1.82, 2.24) is 20.5 Å². The second-order valence-electron chi connectivity index (χ2n) is 11.4. The van der Waals surface area contributed by atoms with E-state index in [0.29, 0.717) is 34.5 Å². The summed E-state index contributed by atoms with van der Waals surface area (Å²) in [5, 5.41) is 15.9. The van der Waals surface area contributed by atoms with Gasteiger partial charge in [-0.2, -0.15) is 0 Å². The third-order valence-corrected chi connectivity index (χ3v) is 8.54. The first-order valence-electron chi connectivity index (χ1n) is 14.5. The van der Waals surface area contributed by atoms with Gasteiger partial charge in [-0.05, 0) is 31.4 Å². The molecule has 1 unspecified atom stereocenters. The molecule has 0 spiro atoms. The summed E-state index contributed by atoms with van der Waals surface area (Å²) in [6.45, 7) is 0.0356. The number of nitrogens with one attached hydrogen (secondary N) is 2. The molecule has 3 amide bonds. The molecule has 2 aromatic carbocycles. The molecule has 224 valence electrons. The number of benzene rings is 2. The summed E-state index contributed by atoms with van der Waals surface area (Å²) < 4.78 is 11.9. The second kappa shape index (κ2) is 11.7. The summed E-state index contributed by atoms with van der Waals surface area (Å²) in [4.78, 5) is 57.6. The molecule has 2 fully saturated rings. The number of hydrogen-bond donors (Lipinski definition) is 3. The first-order chi connectivity index (χ1) is 21.2. The molecule has 3 aliphatic rings. The van der Waals surface area contributed by atoms with Crippen LogP contribution in [0.3, 0.4) is 0 Å². The Balaban J connectivity index is 1.35. The molecule has 3 aromatic rings. The van der Waals surface area contributed by atoms with Crippen LogP contribution in [-0.2, 0) is 14.4 Å². The number of hydrogen-bond acceptors (Lipinski definition) is 7. The molecule has 12 heteroatoms. The van der Waals surface area contributed by atoms with Gasteiger partial charge in [0.2, 0.25) is 19.7 Å². The molecule has 5 atom stereocenters. The van der Waals surface area contributed by atoms with Crippen molar-refractivity contribution in [2.24, 2.45) is 5.92 Å². The highest BCUT2D eigenvalue weighted by molar-refractivity contribution is 6.57. The summed E-state index contributed by atoms with van der Waals surface area (Å²) in [5.74, 6) is -2.30. The maximum Gasteiger partial charge on any atom is 0.330 e. The average molecular weight is 594 g/mol. The molecule has 2 radical (unpaired) electrons. The van der Waals surface area contributed by atoms with E-state index in [2.05, 4.69) is 10.6 Å². The summed E-state index contributed by atoms with van der Waals surface area (Å²) in [7, 11) is 6.96. The minimum atomic E-state index is -1.42. The van der Waals surface area contributed by atoms with Crippen LogP contribution in [0.1, 0.15) is 25.7 Å². The van der Waals surface area contributed by atoms with Gasteiger partial charge in [-0.25, -0.2) is 9.78 Å². The van der Waals surface area contributed by atoms with E-state index in [-0.39, 0.29) is 31.7 Å². The monoisotopic (exact) mass is 594 g/mol. The summed E-state index contributed by atoms with van der Waals surface area (Å²) in [6.07, 6.45) is 3.89. The van der Waals surface area contributed by atoms with E-state index < -0.39 is 47.3 Å². The number of rotatable bonds is 6. The van der Waals surface area contributed by atoms with E-state index in [1.165, 1.54) is 4.90 Å². The molecule has 2 aliphatic heterocycles. The molecule has 44 heavy (non-hydrogen) atoms. The van der Waals surface area contributed by atoms with E-state index >= 15 is 0 Å². The number of carboxylic acid groups (broad SMARTS) is 1. The number of ether oxygens (including phenoxy) is 2. The summed E-state index contributed by atoms with van der Waals surface area (Å²) in [6, 6.07) is 14.9. The lowest BCUT2D eigenvalue weighted by Crippen LogP contribution is -2.56. The van der Waals surface area contributed by atoms with Crippen LogP contribution in [0.15, 0.2) is 66.7 Å². The Morgan fingerprint density at radius 1 is 1.16 bits per heavy atom. The molecule has 0 bridgehead atoms. The molecule has 1 saturated heterocycles. The number of pyridine rings is 1. The van der Waals surface area contributed by atoms with Crippen molar-refractivity contribution in [2.75, 3.05) is 13.7 Å². The third-order valence-electron chi connectivity index (χ3n) is 8.54. The lowest BCUT2D eigenvalue weighted by molar-refractivity contribution is -0.145. The summed E-state index contributed by atoms with van der Waals surface area (Å²) in [5.41, 5.74) is 0.762. The fourth-order valence-electron chi connectivity index (χ4n) is 6.13. The van der Waals surface area contributed by atoms with Gasteiger partial charge in [-0.15, -0.1) is 0 Å². The van der Waals surface area contributed by atoms with Crippen LogP contribution >= 0.6 is 0 Å². The fourth-order valence-corrected chi connectivity index (χ4v) is 6.13. The van der Waals surface area contributed by atoms with Gasteiger partial charge in [-0.3, -0.25) is 14.4 Å². The molecular formula is C32H31BN4O7. The van der Waals surface area contributed by atoms with E-state index in [0.717, 1.165) is 5.56 Å². The molecule has 3 N–H and O–H groups in total. The quantitative estimate of drug-likeness (QED) is 0.292. The SMILES string of the molecule is [B]C(=O)N[C@H]1CC/C=C/C2C[C@@]2(C(=O)O)NC(=O)[C@@H]2C[C@@H](Oc3cc(-c4ccccc4)nc4cc(OC)ccc34)CN2C1=O. The number of nitrogens with zero attached hydrogens (tertiary/aromatic N) is 2. The van der Waals surface area contributed by atoms with Crippen molar-refractivity contribution < 1.29 is 33.8 Å². The number of carbonyl (C=O) groups is 4. The Morgan fingerprint density at radius 2 is 1.95 bits per heavy atom.